The monoisotopic (exact) mass is 542 g/mol. The lowest BCUT2D eigenvalue weighted by molar-refractivity contribution is -0.137. The van der Waals surface area contributed by atoms with Crippen molar-refractivity contribution >= 4 is 27.4 Å². The molecule has 0 aliphatic carbocycles. The number of nitrogens with one attached hydrogen (secondary N) is 1. The van der Waals surface area contributed by atoms with Crippen LogP contribution in [-0.4, -0.2) is 41.3 Å². The molecule has 204 valence electrons. The van der Waals surface area contributed by atoms with Crippen LogP contribution in [0.15, 0.2) is 84.9 Å². The SMILES string of the molecule is COc1ccc2c(-c3ccc(C(F)(F)F)cc3)nnc(NC3CCN(Cc4ccc5ccccc5c4)CC3)c2c1. The van der Waals surface area contributed by atoms with Crippen molar-refractivity contribution < 1.29 is 17.9 Å². The van der Waals surface area contributed by atoms with Gasteiger partial charge in [0.1, 0.15) is 11.4 Å². The van der Waals surface area contributed by atoms with Gasteiger partial charge in [-0.2, -0.15) is 13.2 Å². The van der Waals surface area contributed by atoms with Crippen molar-refractivity contribution in [2.24, 2.45) is 0 Å². The highest BCUT2D eigenvalue weighted by Crippen LogP contribution is 2.35. The van der Waals surface area contributed by atoms with Gasteiger partial charge < -0.3 is 10.1 Å². The second-order valence-corrected chi connectivity index (χ2v) is 10.3. The van der Waals surface area contributed by atoms with Crippen LogP contribution in [0, 0.1) is 0 Å². The van der Waals surface area contributed by atoms with Crippen molar-refractivity contribution in [2.75, 3.05) is 25.5 Å². The van der Waals surface area contributed by atoms with Gasteiger partial charge >= 0.3 is 6.18 Å². The number of rotatable bonds is 6. The molecule has 1 aliphatic heterocycles. The minimum absolute atomic E-state index is 0.230. The summed E-state index contributed by atoms with van der Waals surface area (Å²) in [5.41, 5.74) is 1.72. The van der Waals surface area contributed by atoms with E-state index in [1.807, 2.05) is 18.2 Å². The summed E-state index contributed by atoms with van der Waals surface area (Å²) in [4.78, 5) is 2.48. The summed E-state index contributed by atoms with van der Waals surface area (Å²) in [6.45, 7) is 2.84. The molecule has 1 N–H and O–H groups in total. The smallest absolute Gasteiger partial charge is 0.416 e. The highest BCUT2D eigenvalue weighted by atomic mass is 19.4. The van der Waals surface area contributed by atoms with Gasteiger partial charge in [0, 0.05) is 42.0 Å². The predicted octanol–water partition coefficient (Wildman–Crippen LogP) is 7.55. The summed E-state index contributed by atoms with van der Waals surface area (Å²) in [6.07, 6.45) is -2.47. The van der Waals surface area contributed by atoms with E-state index in [2.05, 4.69) is 62.9 Å². The summed E-state index contributed by atoms with van der Waals surface area (Å²) in [5, 5.41) is 16.6. The fourth-order valence-corrected chi connectivity index (χ4v) is 5.42. The lowest BCUT2D eigenvalue weighted by atomic mass is 10.0. The minimum atomic E-state index is -4.39. The molecule has 4 aromatic carbocycles. The average molecular weight is 543 g/mol. The first-order chi connectivity index (χ1) is 19.4. The second-order valence-electron chi connectivity index (χ2n) is 10.3. The van der Waals surface area contributed by atoms with Gasteiger partial charge in [-0.25, -0.2) is 0 Å². The number of benzene rings is 4. The van der Waals surface area contributed by atoms with E-state index < -0.39 is 11.7 Å². The molecule has 1 saturated heterocycles. The second kappa shape index (κ2) is 10.8. The molecule has 2 heterocycles. The van der Waals surface area contributed by atoms with Gasteiger partial charge in [-0.3, -0.25) is 4.90 Å². The molecule has 5 nitrogen and oxygen atoms in total. The molecule has 0 atom stereocenters. The van der Waals surface area contributed by atoms with Crippen LogP contribution in [0.5, 0.6) is 5.75 Å². The number of nitrogens with zero attached hydrogens (tertiary/aromatic N) is 3. The topological polar surface area (TPSA) is 50.3 Å². The van der Waals surface area contributed by atoms with E-state index in [9.17, 15) is 13.2 Å². The largest absolute Gasteiger partial charge is 0.497 e. The lowest BCUT2D eigenvalue weighted by Gasteiger charge is -2.32. The Hall–Kier alpha value is -4.17. The number of ether oxygens (including phenoxy) is 1. The van der Waals surface area contributed by atoms with Crippen LogP contribution in [0.25, 0.3) is 32.8 Å². The fourth-order valence-electron chi connectivity index (χ4n) is 5.42. The Morgan fingerprint density at radius 3 is 2.33 bits per heavy atom. The highest BCUT2D eigenvalue weighted by Gasteiger charge is 2.30. The molecule has 1 aliphatic rings. The van der Waals surface area contributed by atoms with Gasteiger partial charge in [0.25, 0.3) is 0 Å². The summed E-state index contributed by atoms with van der Waals surface area (Å²) < 4.78 is 44.7. The zero-order valence-electron chi connectivity index (χ0n) is 22.1. The van der Waals surface area contributed by atoms with Gasteiger partial charge in [0.15, 0.2) is 5.82 Å². The van der Waals surface area contributed by atoms with Gasteiger partial charge in [0.05, 0.1) is 12.7 Å². The molecule has 0 spiro atoms. The minimum Gasteiger partial charge on any atom is -0.497 e. The predicted molar refractivity (Wildman–Crippen MR) is 152 cm³/mol. The molecular weight excluding hydrogens is 513 g/mol. The number of fused-ring (bicyclic) bond motifs is 2. The highest BCUT2D eigenvalue weighted by molar-refractivity contribution is 6.00. The van der Waals surface area contributed by atoms with Crippen molar-refractivity contribution in [3.05, 3.63) is 96.1 Å². The number of hydrogen-bond acceptors (Lipinski definition) is 5. The van der Waals surface area contributed by atoms with Crippen LogP contribution >= 0.6 is 0 Å². The van der Waals surface area contributed by atoms with Crippen LogP contribution in [0.1, 0.15) is 24.0 Å². The molecule has 0 saturated carbocycles. The number of piperidine rings is 1. The molecule has 5 aromatic rings. The average Bonchev–Trinajstić information content (AvgIpc) is 2.97. The van der Waals surface area contributed by atoms with Gasteiger partial charge in [0.2, 0.25) is 0 Å². The Morgan fingerprint density at radius 1 is 0.850 bits per heavy atom. The van der Waals surface area contributed by atoms with E-state index in [-0.39, 0.29) is 6.04 Å². The third kappa shape index (κ3) is 5.45. The standard InChI is InChI=1S/C32H29F3N4O/c1-40-27-12-13-28-29(19-27)31(38-37-30(28)23-8-10-25(11-9-23)32(33,34)35)36-26-14-16-39(17-15-26)20-21-6-7-22-4-2-3-5-24(22)18-21/h2-13,18-19,26H,14-17,20H2,1H3,(H,36,38). The van der Waals surface area contributed by atoms with Crippen molar-refractivity contribution in [1.29, 1.82) is 0 Å². The molecule has 1 aromatic heterocycles. The van der Waals surface area contributed by atoms with Crippen molar-refractivity contribution in [1.82, 2.24) is 15.1 Å². The number of anilines is 1. The van der Waals surface area contributed by atoms with E-state index in [4.69, 9.17) is 4.74 Å². The normalized spacial score (nSPS) is 15.0. The number of alkyl halides is 3. The van der Waals surface area contributed by atoms with E-state index >= 15 is 0 Å². The Labute approximate surface area is 230 Å². The Morgan fingerprint density at radius 2 is 1.60 bits per heavy atom. The molecule has 40 heavy (non-hydrogen) atoms. The maximum Gasteiger partial charge on any atom is 0.416 e. The van der Waals surface area contributed by atoms with E-state index in [0.717, 1.165) is 55.4 Å². The van der Waals surface area contributed by atoms with Gasteiger partial charge in [-0.05, 0) is 65.6 Å². The Kier molecular flexibility index (Phi) is 7.02. The number of aromatic nitrogens is 2. The quantitative estimate of drug-likeness (QED) is 0.240. The Bertz CT molecular complexity index is 1640. The first-order valence-corrected chi connectivity index (χ1v) is 13.4. The zero-order valence-corrected chi connectivity index (χ0v) is 22.1. The van der Waals surface area contributed by atoms with Crippen molar-refractivity contribution in [3.8, 4) is 17.0 Å². The van der Waals surface area contributed by atoms with E-state index in [0.29, 0.717) is 22.8 Å². The summed E-state index contributed by atoms with van der Waals surface area (Å²) in [6, 6.07) is 25.9. The number of likely N-dealkylation sites (tertiary alicyclic amines) is 1. The van der Waals surface area contributed by atoms with Gasteiger partial charge in [-0.15, -0.1) is 10.2 Å². The third-order valence-electron chi connectivity index (χ3n) is 7.62. The molecule has 0 radical (unpaired) electrons. The van der Waals surface area contributed by atoms with Crippen LogP contribution in [-0.2, 0) is 12.7 Å². The number of halogens is 3. The van der Waals surface area contributed by atoms with Gasteiger partial charge in [-0.1, -0.05) is 48.5 Å². The van der Waals surface area contributed by atoms with Crippen molar-refractivity contribution in [3.63, 3.8) is 0 Å². The lowest BCUT2D eigenvalue weighted by Crippen LogP contribution is -2.38. The van der Waals surface area contributed by atoms with Crippen LogP contribution in [0.2, 0.25) is 0 Å². The van der Waals surface area contributed by atoms with Crippen LogP contribution in [0.3, 0.4) is 0 Å². The summed E-state index contributed by atoms with van der Waals surface area (Å²) in [7, 11) is 1.60. The maximum atomic E-state index is 13.1. The van der Waals surface area contributed by atoms with Crippen LogP contribution in [0.4, 0.5) is 19.0 Å². The first-order valence-electron chi connectivity index (χ1n) is 13.4. The Balaban J connectivity index is 1.19. The maximum absolute atomic E-state index is 13.1. The van der Waals surface area contributed by atoms with E-state index in [1.54, 1.807) is 7.11 Å². The van der Waals surface area contributed by atoms with Crippen LogP contribution < -0.4 is 10.1 Å². The molecular formula is C32H29F3N4O. The zero-order chi connectivity index (χ0) is 27.7. The molecule has 1 fully saturated rings. The van der Waals surface area contributed by atoms with Crippen molar-refractivity contribution in [2.45, 2.75) is 31.6 Å². The molecule has 0 unspecified atom stereocenters. The summed E-state index contributed by atoms with van der Waals surface area (Å²) >= 11 is 0. The molecule has 6 rings (SSSR count). The number of methoxy groups -OCH3 is 1. The third-order valence-corrected chi connectivity index (χ3v) is 7.62. The molecule has 0 amide bonds. The summed E-state index contributed by atoms with van der Waals surface area (Å²) in [5.74, 6) is 1.32. The fraction of sp³-hybridized carbons (Fsp3) is 0.250. The molecule has 0 bridgehead atoms. The number of hydrogen-bond donors (Lipinski definition) is 1. The first kappa shape index (κ1) is 26.1. The van der Waals surface area contributed by atoms with E-state index in [1.165, 1.54) is 28.5 Å². The molecule has 8 heteroatoms.